The molecule has 0 bridgehead atoms. The summed E-state index contributed by atoms with van der Waals surface area (Å²) < 4.78 is 0. The summed E-state index contributed by atoms with van der Waals surface area (Å²) in [5.74, 6) is 0.884. The van der Waals surface area contributed by atoms with Gasteiger partial charge in [0.1, 0.15) is 0 Å². The van der Waals surface area contributed by atoms with E-state index >= 15 is 0 Å². The van der Waals surface area contributed by atoms with Gasteiger partial charge in [-0.05, 0) is 32.1 Å². The Balaban J connectivity index is 2.51. The molecule has 1 saturated heterocycles. The molecule has 0 radical (unpaired) electrons. The Morgan fingerprint density at radius 1 is 1.53 bits per heavy atom. The highest BCUT2D eigenvalue weighted by atomic mass is 16.2. The molecule has 88 valence electrons. The molecule has 0 aromatic carbocycles. The molecular formula is C12H24N2O. The highest BCUT2D eigenvalue weighted by Gasteiger charge is 2.37. The number of hydrogen-bond acceptors (Lipinski definition) is 2. The monoisotopic (exact) mass is 212 g/mol. The average Bonchev–Trinajstić information content (AvgIpc) is 2.57. The molecule has 15 heavy (non-hydrogen) atoms. The summed E-state index contributed by atoms with van der Waals surface area (Å²) in [6.45, 7) is 7.89. The van der Waals surface area contributed by atoms with E-state index < -0.39 is 0 Å². The number of carbonyl (C=O) groups excluding carboxylic acids is 1. The van der Waals surface area contributed by atoms with Crippen LogP contribution in [0.15, 0.2) is 0 Å². The van der Waals surface area contributed by atoms with Crippen molar-refractivity contribution in [3.8, 4) is 0 Å². The molecule has 0 aromatic rings. The Hall–Kier alpha value is -0.570. The van der Waals surface area contributed by atoms with Crippen molar-refractivity contribution in [2.24, 2.45) is 11.7 Å². The van der Waals surface area contributed by atoms with Gasteiger partial charge in [-0.25, -0.2) is 0 Å². The van der Waals surface area contributed by atoms with Gasteiger partial charge >= 0.3 is 0 Å². The fourth-order valence-electron chi connectivity index (χ4n) is 2.21. The van der Waals surface area contributed by atoms with E-state index in [1.54, 1.807) is 0 Å². The van der Waals surface area contributed by atoms with Crippen LogP contribution in [-0.4, -0.2) is 29.4 Å². The maximum atomic E-state index is 12.0. The molecule has 1 rings (SSSR count). The maximum absolute atomic E-state index is 12.0. The fourth-order valence-corrected chi connectivity index (χ4v) is 2.21. The van der Waals surface area contributed by atoms with Crippen LogP contribution in [0.3, 0.4) is 0 Å². The second kappa shape index (κ2) is 4.97. The maximum Gasteiger partial charge on any atom is 0.223 e. The first kappa shape index (κ1) is 12.5. The molecule has 1 fully saturated rings. The smallest absolute Gasteiger partial charge is 0.223 e. The third kappa shape index (κ3) is 2.94. The molecule has 1 unspecified atom stereocenters. The minimum atomic E-state index is -0.0753. The quantitative estimate of drug-likeness (QED) is 0.772. The summed E-state index contributed by atoms with van der Waals surface area (Å²) in [5.41, 5.74) is 5.68. The molecule has 0 aromatic heterocycles. The summed E-state index contributed by atoms with van der Waals surface area (Å²) in [6.07, 6.45) is 3.81. The number of hydrogen-bond donors (Lipinski definition) is 1. The number of nitrogens with zero attached hydrogens (tertiary/aromatic N) is 1. The van der Waals surface area contributed by atoms with Crippen molar-refractivity contribution in [3.63, 3.8) is 0 Å². The van der Waals surface area contributed by atoms with Crippen LogP contribution in [-0.2, 0) is 4.79 Å². The molecule has 1 aliphatic heterocycles. The lowest BCUT2D eigenvalue weighted by Crippen LogP contribution is -2.50. The SMILES string of the molecule is CC(C)CCC(=O)N1CCCC1(C)CN. The Morgan fingerprint density at radius 2 is 2.20 bits per heavy atom. The van der Waals surface area contributed by atoms with Gasteiger partial charge in [0, 0.05) is 19.5 Å². The molecule has 1 atom stereocenters. The lowest BCUT2D eigenvalue weighted by atomic mass is 9.98. The number of nitrogens with two attached hydrogens (primary N) is 1. The lowest BCUT2D eigenvalue weighted by Gasteiger charge is -2.34. The summed E-state index contributed by atoms with van der Waals surface area (Å²) in [6, 6.07) is 0. The van der Waals surface area contributed by atoms with E-state index in [9.17, 15) is 4.79 Å². The normalized spacial score (nSPS) is 26.3. The summed E-state index contributed by atoms with van der Waals surface area (Å²) >= 11 is 0. The molecule has 0 saturated carbocycles. The van der Waals surface area contributed by atoms with Crippen molar-refractivity contribution in [3.05, 3.63) is 0 Å². The van der Waals surface area contributed by atoms with Crippen LogP contribution < -0.4 is 5.73 Å². The van der Waals surface area contributed by atoms with E-state index in [2.05, 4.69) is 20.8 Å². The first-order valence-corrected chi connectivity index (χ1v) is 6.00. The van der Waals surface area contributed by atoms with E-state index in [0.717, 1.165) is 25.8 Å². The van der Waals surface area contributed by atoms with Gasteiger partial charge in [-0.3, -0.25) is 4.79 Å². The Kier molecular flexibility index (Phi) is 4.14. The third-order valence-corrected chi connectivity index (χ3v) is 3.43. The molecule has 3 nitrogen and oxygen atoms in total. The number of amides is 1. The van der Waals surface area contributed by atoms with Gasteiger partial charge in [-0.2, -0.15) is 0 Å². The van der Waals surface area contributed by atoms with Gasteiger partial charge in [-0.1, -0.05) is 13.8 Å². The number of carbonyl (C=O) groups is 1. The summed E-state index contributed by atoms with van der Waals surface area (Å²) in [7, 11) is 0. The summed E-state index contributed by atoms with van der Waals surface area (Å²) in [5, 5.41) is 0. The van der Waals surface area contributed by atoms with Crippen LogP contribution in [0, 0.1) is 5.92 Å². The van der Waals surface area contributed by atoms with Gasteiger partial charge in [-0.15, -0.1) is 0 Å². The van der Waals surface area contributed by atoms with Crippen LogP contribution in [0.25, 0.3) is 0 Å². The molecule has 1 heterocycles. The average molecular weight is 212 g/mol. The van der Waals surface area contributed by atoms with E-state index in [4.69, 9.17) is 5.73 Å². The van der Waals surface area contributed by atoms with Crippen molar-refractivity contribution in [2.45, 2.75) is 52.0 Å². The zero-order valence-corrected chi connectivity index (χ0v) is 10.3. The van der Waals surface area contributed by atoms with Crippen LogP contribution >= 0.6 is 0 Å². The minimum absolute atomic E-state index is 0.0753. The predicted octanol–water partition coefficient (Wildman–Crippen LogP) is 1.76. The Bertz CT molecular complexity index is 228. The van der Waals surface area contributed by atoms with Crippen molar-refractivity contribution in [1.82, 2.24) is 4.90 Å². The molecule has 2 N–H and O–H groups in total. The van der Waals surface area contributed by atoms with E-state index in [1.165, 1.54) is 0 Å². The molecule has 0 aliphatic carbocycles. The van der Waals surface area contributed by atoms with Crippen LogP contribution in [0.1, 0.15) is 46.5 Å². The molecule has 1 aliphatic rings. The van der Waals surface area contributed by atoms with Crippen molar-refractivity contribution in [1.29, 1.82) is 0 Å². The zero-order valence-electron chi connectivity index (χ0n) is 10.3. The molecule has 1 amide bonds. The first-order valence-electron chi connectivity index (χ1n) is 6.00. The van der Waals surface area contributed by atoms with Crippen molar-refractivity contribution in [2.75, 3.05) is 13.1 Å². The topological polar surface area (TPSA) is 46.3 Å². The van der Waals surface area contributed by atoms with Gasteiger partial charge < -0.3 is 10.6 Å². The highest BCUT2D eigenvalue weighted by molar-refractivity contribution is 5.77. The highest BCUT2D eigenvalue weighted by Crippen LogP contribution is 2.28. The van der Waals surface area contributed by atoms with Gasteiger partial charge in [0.05, 0.1) is 5.54 Å². The Morgan fingerprint density at radius 3 is 2.73 bits per heavy atom. The van der Waals surface area contributed by atoms with E-state index in [-0.39, 0.29) is 11.4 Å². The standard InChI is InChI=1S/C12H24N2O/c1-10(2)5-6-11(15)14-8-4-7-12(14,3)9-13/h10H,4-9,13H2,1-3H3. The zero-order chi connectivity index (χ0) is 11.5. The minimum Gasteiger partial charge on any atom is -0.336 e. The predicted molar refractivity (Wildman–Crippen MR) is 62.5 cm³/mol. The van der Waals surface area contributed by atoms with Crippen LogP contribution in [0.5, 0.6) is 0 Å². The van der Waals surface area contributed by atoms with Gasteiger partial charge in [0.2, 0.25) is 5.91 Å². The van der Waals surface area contributed by atoms with Crippen LogP contribution in [0.2, 0.25) is 0 Å². The largest absolute Gasteiger partial charge is 0.336 e. The first-order chi connectivity index (χ1) is 6.99. The number of rotatable bonds is 4. The fraction of sp³-hybridized carbons (Fsp3) is 0.917. The van der Waals surface area contributed by atoms with E-state index in [0.29, 0.717) is 18.9 Å². The summed E-state index contributed by atoms with van der Waals surface area (Å²) in [4.78, 5) is 14.0. The van der Waals surface area contributed by atoms with Gasteiger partial charge in [0.25, 0.3) is 0 Å². The second-order valence-electron chi connectivity index (χ2n) is 5.28. The van der Waals surface area contributed by atoms with Crippen LogP contribution in [0.4, 0.5) is 0 Å². The van der Waals surface area contributed by atoms with Crippen molar-refractivity contribution < 1.29 is 4.79 Å². The lowest BCUT2D eigenvalue weighted by molar-refractivity contribution is -0.134. The van der Waals surface area contributed by atoms with Crippen molar-refractivity contribution >= 4 is 5.91 Å². The third-order valence-electron chi connectivity index (χ3n) is 3.43. The van der Waals surface area contributed by atoms with E-state index in [1.807, 2.05) is 4.90 Å². The Labute approximate surface area is 93.0 Å². The second-order valence-corrected chi connectivity index (χ2v) is 5.28. The molecule has 0 spiro atoms. The molecular weight excluding hydrogens is 188 g/mol. The van der Waals surface area contributed by atoms with Gasteiger partial charge in [0.15, 0.2) is 0 Å². The number of likely N-dealkylation sites (tertiary alicyclic amines) is 1. The molecule has 3 heteroatoms.